The topological polar surface area (TPSA) is 124 Å². The molecule has 0 aliphatic rings. The molecular weight excluding hydrogens is 403 g/mol. The second kappa shape index (κ2) is 8.57. The zero-order valence-electron chi connectivity index (χ0n) is 15.1. The van der Waals surface area contributed by atoms with Crippen molar-refractivity contribution in [3.63, 3.8) is 0 Å². The van der Waals surface area contributed by atoms with E-state index < -0.39 is 17.6 Å². The zero-order chi connectivity index (χ0) is 21.0. The highest BCUT2D eigenvalue weighted by atomic mass is 35.5. The Morgan fingerprint density at radius 1 is 1.21 bits per heavy atom. The lowest BCUT2D eigenvalue weighted by atomic mass is 10.3. The number of amides is 2. The Bertz CT molecular complexity index is 1070. The molecule has 3 aromatic rings. The average molecular weight is 419 g/mol. The minimum Gasteiger partial charge on any atom is -0.495 e. The van der Waals surface area contributed by atoms with Gasteiger partial charge in [0.25, 0.3) is 5.91 Å². The summed E-state index contributed by atoms with van der Waals surface area (Å²) < 4.78 is 19.3. The van der Waals surface area contributed by atoms with E-state index in [-0.39, 0.29) is 23.7 Å². The Morgan fingerprint density at radius 3 is 2.66 bits per heavy atom. The fourth-order valence-electron chi connectivity index (χ4n) is 2.44. The van der Waals surface area contributed by atoms with Gasteiger partial charge in [0.15, 0.2) is 11.5 Å². The van der Waals surface area contributed by atoms with Crippen LogP contribution in [0.15, 0.2) is 42.5 Å². The van der Waals surface area contributed by atoms with Gasteiger partial charge in [-0.15, -0.1) is 5.10 Å². The third-order valence-corrected chi connectivity index (χ3v) is 4.10. The molecule has 4 N–H and O–H groups in total. The van der Waals surface area contributed by atoms with Crippen LogP contribution >= 0.6 is 11.6 Å². The Hall–Kier alpha value is -3.66. The van der Waals surface area contributed by atoms with E-state index in [0.29, 0.717) is 16.5 Å². The molecule has 29 heavy (non-hydrogen) atoms. The molecule has 2 aromatic carbocycles. The quantitative estimate of drug-likeness (QED) is 0.565. The molecule has 9 nitrogen and oxygen atoms in total. The van der Waals surface area contributed by atoms with Gasteiger partial charge in [0.05, 0.1) is 12.1 Å². The van der Waals surface area contributed by atoms with Crippen LogP contribution in [-0.4, -0.2) is 33.9 Å². The minimum atomic E-state index is -0.679. The van der Waals surface area contributed by atoms with Crippen molar-refractivity contribution in [3.8, 4) is 5.75 Å². The van der Waals surface area contributed by atoms with Gasteiger partial charge in [0, 0.05) is 11.4 Å². The van der Waals surface area contributed by atoms with Gasteiger partial charge in [0.1, 0.15) is 18.1 Å². The number of ether oxygens (including phenoxy) is 1. The lowest BCUT2D eigenvalue weighted by Gasteiger charge is -2.08. The third kappa shape index (κ3) is 4.79. The fraction of sp³-hybridized carbons (Fsp3) is 0.111. The Balaban J connectivity index is 1.66. The number of nitrogens with zero attached hydrogens (tertiary/aromatic N) is 3. The number of nitrogens with one attached hydrogen (secondary N) is 2. The fourth-order valence-corrected chi connectivity index (χ4v) is 2.69. The average Bonchev–Trinajstić information content (AvgIpc) is 3.02. The summed E-state index contributed by atoms with van der Waals surface area (Å²) in [7, 11) is 1.48. The summed E-state index contributed by atoms with van der Waals surface area (Å²) in [6, 6.07) is 10.1. The number of halogens is 2. The predicted octanol–water partition coefficient (Wildman–Crippen LogP) is 2.55. The van der Waals surface area contributed by atoms with Crippen LogP contribution in [0.5, 0.6) is 5.75 Å². The number of anilines is 3. The molecule has 0 saturated carbocycles. The largest absolute Gasteiger partial charge is 0.495 e. The van der Waals surface area contributed by atoms with E-state index >= 15 is 0 Å². The van der Waals surface area contributed by atoms with Crippen molar-refractivity contribution >= 4 is 40.6 Å². The van der Waals surface area contributed by atoms with Crippen LogP contribution in [0.2, 0.25) is 5.02 Å². The van der Waals surface area contributed by atoms with E-state index in [1.165, 1.54) is 31.4 Å². The Labute approximate surface area is 169 Å². The first-order valence-electron chi connectivity index (χ1n) is 8.26. The van der Waals surface area contributed by atoms with Gasteiger partial charge in [-0.1, -0.05) is 22.9 Å². The number of methoxy groups -OCH3 is 1. The van der Waals surface area contributed by atoms with E-state index in [9.17, 15) is 14.0 Å². The summed E-state index contributed by atoms with van der Waals surface area (Å²) >= 11 is 6.02. The first kappa shape index (κ1) is 20.1. The Kier molecular flexibility index (Phi) is 5.93. The molecule has 3 rings (SSSR count). The second-order valence-corrected chi connectivity index (χ2v) is 6.25. The standard InChI is InChI=1S/C18H16ClFN6O3/c1-29-14-6-5-12(8-13(14)19)22-15(27)9-26-17(21)16(24-25-26)18(28)23-11-4-2-3-10(20)7-11/h2-8H,9,21H2,1H3,(H,22,27)(H,23,28). The summed E-state index contributed by atoms with van der Waals surface area (Å²) in [5, 5.41) is 12.8. The van der Waals surface area contributed by atoms with Crippen LogP contribution < -0.4 is 21.1 Å². The van der Waals surface area contributed by atoms with E-state index in [1.54, 1.807) is 12.1 Å². The minimum absolute atomic E-state index is 0.109. The highest BCUT2D eigenvalue weighted by Gasteiger charge is 2.19. The van der Waals surface area contributed by atoms with Crippen LogP contribution in [0.3, 0.4) is 0 Å². The van der Waals surface area contributed by atoms with Crippen LogP contribution in [-0.2, 0) is 11.3 Å². The number of hydrogen-bond donors (Lipinski definition) is 3. The molecule has 1 heterocycles. The maximum atomic E-state index is 13.2. The van der Waals surface area contributed by atoms with Crippen LogP contribution in [0.4, 0.5) is 21.6 Å². The molecule has 0 radical (unpaired) electrons. The van der Waals surface area contributed by atoms with Crippen molar-refractivity contribution in [2.24, 2.45) is 0 Å². The molecule has 0 fully saturated rings. The summed E-state index contributed by atoms with van der Waals surface area (Å²) in [6.07, 6.45) is 0. The van der Waals surface area contributed by atoms with Crippen molar-refractivity contribution in [2.75, 3.05) is 23.5 Å². The van der Waals surface area contributed by atoms with Crippen molar-refractivity contribution in [1.82, 2.24) is 15.0 Å². The normalized spacial score (nSPS) is 10.4. The van der Waals surface area contributed by atoms with Crippen molar-refractivity contribution in [1.29, 1.82) is 0 Å². The number of carbonyl (C=O) groups is 2. The first-order chi connectivity index (χ1) is 13.9. The van der Waals surface area contributed by atoms with E-state index in [4.69, 9.17) is 22.1 Å². The molecular formula is C18H16ClFN6O3. The van der Waals surface area contributed by atoms with Crippen molar-refractivity contribution in [3.05, 3.63) is 59.0 Å². The number of aromatic nitrogens is 3. The van der Waals surface area contributed by atoms with Crippen LogP contribution in [0, 0.1) is 5.82 Å². The van der Waals surface area contributed by atoms with Crippen molar-refractivity contribution in [2.45, 2.75) is 6.54 Å². The number of carbonyl (C=O) groups excluding carboxylic acids is 2. The zero-order valence-corrected chi connectivity index (χ0v) is 15.9. The van der Waals surface area contributed by atoms with E-state index in [0.717, 1.165) is 10.7 Å². The number of nitrogens with two attached hydrogens (primary N) is 1. The maximum Gasteiger partial charge on any atom is 0.280 e. The third-order valence-electron chi connectivity index (χ3n) is 3.80. The lowest BCUT2D eigenvalue weighted by Crippen LogP contribution is -2.21. The highest BCUT2D eigenvalue weighted by molar-refractivity contribution is 6.32. The molecule has 0 atom stereocenters. The number of rotatable bonds is 6. The van der Waals surface area contributed by atoms with Gasteiger partial charge in [-0.05, 0) is 36.4 Å². The molecule has 0 bridgehead atoms. The Morgan fingerprint density at radius 2 is 1.97 bits per heavy atom. The molecule has 11 heteroatoms. The van der Waals surface area contributed by atoms with Gasteiger partial charge in [-0.3, -0.25) is 9.59 Å². The maximum absolute atomic E-state index is 13.2. The van der Waals surface area contributed by atoms with E-state index in [1.807, 2.05) is 0 Å². The van der Waals surface area contributed by atoms with Crippen LogP contribution in [0.25, 0.3) is 0 Å². The molecule has 2 amide bonds. The van der Waals surface area contributed by atoms with Gasteiger partial charge in [-0.2, -0.15) is 0 Å². The molecule has 0 spiro atoms. The number of benzene rings is 2. The number of nitrogen functional groups attached to an aromatic ring is 1. The second-order valence-electron chi connectivity index (χ2n) is 5.84. The van der Waals surface area contributed by atoms with Gasteiger partial charge in [0.2, 0.25) is 5.91 Å². The van der Waals surface area contributed by atoms with Gasteiger partial charge >= 0.3 is 0 Å². The van der Waals surface area contributed by atoms with Crippen LogP contribution in [0.1, 0.15) is 10.5 Å². The van der Waals surface area contributed by atoms with Gasteiger partial charge in [-0.25, -0.2) is 9.07 Å². The summed E-state index contributed by atoms with van der Waals surface area (Å²) in [5.74, 6) is -1.28. The monoisotopic (exact) mass is 418 g/mol. The highest BCUT2D eigenvalue weighted by Crippen LogP contribution is 2.27. The predicted molar refractivity (Wildman–Crippen MR) is 105 cm³/mol. The summed E-state index contributed by atoms with van der Waals surface area (Å²) in [6.45, 7) is -0.282. The number of hydrogen-bond acceptors (Lipinski definition) is 6. The summed E-state index contributed by atoms with van der Waals surface area (Å²) in [5.41, 5.74) is 6.37. The summed E-state index contributed by atoms with van der Waals surface area (Å²) in [4.78, 5) is 24.5. The molecule has 0 unspecified atom stereocenters. The van der Waals surface area contributed by atoms with Gasteiger partial charge < -0.3 is 21.1 Å². The molecule has 0 aliphatic heterocycles. The molecule has 150 valence electrons. The molecule has 1 aromatic heterocycles. The van der Waals surface area contributed by atoms with E-state index in [2.05, 4.69) is 20.9 Å². The van der Waals surface area contributed by atoms with Crippen molar-refractivity contribution < 1.29 is 18.7 Å². The SMILES string of the molecule is COc1ccc(NC(=O)Cn2nnc(C(=O)Nc3cccc(F)c3)c2N)cc1Cl. The smallest absolute Gasteiger partial charge is 0.280 e. The molecule has 0 aliphatic carbocycles. The lowest BCUT2D eigenvalue weighted by molar-refractivity contribution is -0.116. The molecule has 0 saturated heterocycles. The first-order valence-corrected chi connectivity index (χ1v) is 8.64.